The standard InChI is InChI=1S/C20H22ClF3N2O5S/c1-2-30-10-4-9-25-19(27)13-31-18-8-7-16(12-17(18)21)32(28,29)26-15-6-3-5-14(11-15)20(22,23)24/h3,5-8,11-12,26H,2,4,9-10,13H2,1H3,(H,25,27). The predicted molar refractivity (Wildman–Crippen MR) is 113 cm³/mol. The Balaban J connectivity index is 1.99. The molecule has 2 aromatic carbocycles. The lowest BCUT2D eigenvalue weighted by Crippen LogP contribution is -2.30. The number of benzene rings is 2. The minimum atomic E-state index is -4.61. The highest BCUT2D eigenvalue weighted by Gasteiger charge is 2.30. The third-order valence-electron chi connectivity index (χ3n) is 4.01. The van der Waals surface area contributed by atoms with E-state index in [0.717, 1.165) is 24.3 Å². The van der Waals surface area contributed by atoms with Crippen LogP contribution in [0, 0.1) is 0 Å². The maximum atomic E-state index is 12.8. The minimum Gasteiger partial charge on any atom is -0.482 e. The number of alkyl halides is 3. The van der Waals surface area contributed by atoms with Crippen molar-refractivity contribution in [2.24, 2.45) is 0 Å². The van der Waals surface area contributed by atoms with E-state index in [1.807, 2.05) is 6.92 Å². The van der Waals surface area contributed by atoms with Crippen LogP contribution in [0.25, 0.3) is 0 Å². The lowest BCUT2D eigenvalue weighted by Gasteiger charge is -2.13. The van der Waals surface area contributed by atoms with Crippen molar-refractivity contribution in [3.8, 4) is 5.75 Å². The van der Waals surface area contributed by atoms with Crippen molar-refractivity contribution in [1.29, 1.82) is 0 Å². The molecule has 0 fully saturated rings. The average molecular weight is 495 g/mol. The smallest absolute Gasteiger partial charge is 0.416 e. The van der Waals surface area contributed by atoms with Crippen LogP contribution in [-0.4, -0.2) is 40.7 Å². The number of hydrogen-bond donors (Lipinski definition) is 2. The number of carbonyl (C=O) groups excluding carboxylic acids is 1. The van der Waals surface area contributed by atoms with Crippen molar-refractivity contribution in [1.82, 2.24) is 5.32 Å². The van der Waals surface area contributed by atoms with Gasteiger partial charge < -0.3 is 14.8 Å². The molecule has 2 rings (SSSR count). The summed E-state index contributed by atoms with van der Waals surface area (Å²) < 4.78 is 76.0. The number of ether oxygens (including phenoxy) is 2. The van der Waals surface area contributed by atoms with Crippen molar-refractivity contribution in [3.05, 3.63) is 53.1 Å². The van der Waals surface area contributed by atoms with Gasteiger partial charge in [0.2, 0.25) is 0 Å². The van der Waals surface area contributed by atoms with Crippen molar-refractivity contribution >= 4 is 33.2 Å². The lowest BCUT2D eigenvalue weighted by molar-refractivity contribution is -0.137. The molecule has 0 aliphatic heterocycles. The Kier molecular flexibility index (Phi) is 9.17. The second-order valence-corrected chi connectivity index (χ2v) is 8.55. The molecule has 2 N–H and O–H groups in total. The SMILES string of the molecule is CCOCCCNC(=O)COc1ccc(S(=O)(=O)Nc2cccc(C(F)(F)F)c2)cc1Cl. The van der Waals surface area contributed by atoms with Gasteiger partial charge in [-0.15, -0.1) is 0 Å². The zero-order valence-corrected chi connectivity index (χ0v) is 18.6. The summed E-state index contributed by atoms with van der Waals surface area (Å²) in [5, 5.41) is 2.55. The summed E-state index contributed by atoms with van der Waals surface area (Å²) in [5.41, 5.74) is -1.24. The van der Waals surface area contributed by atoms with Gasteiger partial charge >= 0.3 is 6.18 Å². The third kappa shape index (κ3) is 7.88. The largest absolute Gasteiger partial charge is 0.482 e. The van der Waals surface area contributed by atoms with Crippen molar-refractivity contribution in [3.63, 3.8) is 0 Å². The lowest BCUT2D eigenvalue weighted by atomic mass is 10.2. The molecule has 0 aliphatic carbocycles. The van der Waals surface area contributed by atoms with Gasteiger partial charge in [-0.3, -0.25) is 9.52 Å². The molecule has 7 nitrogen and oxygen atoms in total. The topological polar surface area (TPSA) is 93.7 Å². The van der Waals surface area contributed by atoms with Crippen molar-refractivity contribution < 1.29 is 35.9 Å². The van der Waals surface area contributed by atoms with Gasteiger partial charge in [0.15, 0.2) is 6.61 Å². The maximum absolute atomic E-state index is 12.8. The van der Waals surface area contributed by atoms with Crippen LogP contribution in [0.3, 0.4) is 0 Å². The molecule has 0 saturated heterocycles. The molecule has 1 amide bonds. The van der Waals surface area contributed by atoms with E-state index >= 15 is 0 Å². The van der Waals surface area contributed by atoms with E-state index < -0.39 is 21.8 Å². The Bertz CT molecular complexity index is 1030. The summed E-state index contributed by atoms with van der Waals surface area (Å²) in [4.78, 5) is 11.5. The molecular weight excluding hydrogens is 473 g/mol. The average Bonchev–Trinajstić information content (AvgIpc) is 2.72. The van der Waals surface area contributed by atoms with Gasteiger partial charge in [-0.25, -0.2) is 8.42 Å². The van der Waals surface area contributed by atoms with Gasteiger partial charge in [0, 0.05) is 25.4 Å². The molecule has 0 unspecified atom stereocenters. The van der Waals surface area contributed by atoms with E-state index in [-0.39, 0.29) is 33.9 Å². The minimum absolute atomic E-state index is 0.0779. The van der Waals surface area contributed by atoms with E-state index in [9.17, 15) is 26.4 Å². The number of carbonyl (C=O) groups is 1. The Labute approximate surface area is 188 Å². The first-order valence-corrected chi connectivity index (χ1v) is 11.4. The molecule has 0 aromatic heterocycles. The summed E-state index contributed by atoms with van der Waals surface area (Å²) in [6.07, 6.45) is -3.97. The Morgan fingerprint density at radius 2 is 1.91 bits per heavy atom. The molecule has 0 heterocycles. The summed E-state index contributed by atoms with van der Waals surface area (Å²) in [5.74, 6) is -0.311. The zero-order valence-electron chi connectivity index (χ0n) is 17.0. The molecule has 0 aliphatic rings. The van der Waals surface area contributed by atoms with Gasteiger partial charge in [-0.2, -0.15) is 13.2 Å². The van der Waals surface area contributed by atoms with E-state index in [2.05, 4.69) is 10.0 Å². The Morgan fingerprint density at radius 3 is 2.56 bits per heavy atom. The van der Waals surface area contributed by atoms with Crippen LogP contribution < -0.4 is 14.8 Å². The zero-order chi connectivity index (χ0) is 23.8. The molecule has 2 aromatic rings. The summed E-state index contributed by atoms with van der Waals surface area (Å²) in [6, 6.07) is 7.29. The normalized spacial score (nSPS) is 11.8. The van der Waals surface area contributed by atoms with Crippen LogP contribution in [0.2, 0.25) is 5.02 Å². The molecule has 0 saturated carbocycles. The Hall–Kier alpha value is -2.50. The molecule has 0 bridgehead atoms. The van der Waals surface area contributed by atoms with Gasteiger partial charge in [0.1, 0.15) is 5.75 Å². The number of amides is 1. The number of nitrogens with one attached hydrogen (secondary N) is 2. The van der Waals surface area contributed by atoms with Gasteiger partial charge in [-0.1, -0.05) is 17.7 Å². The van der Waals surface area contributed by atoms with Crippen LogP contribution in [-0.2, 0) is 25.7 Å². The van der Waals surface area contributed by atoms with E-state index in [1.54, 1.807) is 0 Å². The quantitative estimate of drug-likeness (QED) is 0.459. The van der Waals surface area contributed by atoms with Crippen LogP contribution >= 0.6 is 11.6 Å². The Morgan fingerprint density at radius 1 is 1.16 bits per heavy atom. The van der Waals surface area contributed by atoms with E-state index in [1.165, 1.54) is 12.1 Å². The number of hydrogen-bond acceptors (Lipinski definition) is 5. The number of halogens is 4. The van der Waals surface area contributed by atoms with Gasteiger partial charge in [-0.05, 0) is 49.7 Å². The second-order valence-electron chi connectivity index (χ2n) is 6.47. The van der Waals surface area contributed by atoms with E-state index in [0.29, 0.717) is 32.2 Å². The summed E-state index contributed by atoms with van der Waals surface area (Å²) in [6.45, 7) is 3.07. The third-order valence-corrected chi connectivity index (χ3v) is 5.68. The van der Waals surface area contributed by atoms with Crippen molar-refractivity contribution in [2.45, 2.75) is 24.4 Å². The molecule has 176 valence electrons. The molecular formula is C20H22ClF3N2O5S. The first-order valence-electron chi connectivity index (χ1n) is 9.50. The first-order chi connectivity index (χ1) is 15.0. The summed E-state index contributed by atoms with van der Waals surface area (Å²) in [7, 11) is -4.21. The van der Waals surface area contributed by atoms with E-state index in [4.69, 9.17) is 21.1 Å². The molecule has 0 spiro atoms. The number of anilines is 1. The van der Waals surface area contributed by atoms with Crippen LogP contribution in [0.4, 0.5) is 18.9 Å². The highest BCUT2D eigenvalue weighted by molar-refractivity contribution is 7.92. The van der Waals surface area contributed by atoms with Crippen molar-refractivity contribution in [2.75, 3.05) is 31.1 Å². The molecule has 32 heavy (non-hydrogen) atoms. The predicted octanol–water partition coefficient (Wildman–Crippen LogP) is 4.08. The number of rotatable bonds is 11. The maximum Gasteiger partial charge on any atom is 0.416 e. The molecule has 0 radical (unpaired) electrons. The number of sulfonamides is 1. The monoisotopic (exact) mass is 494 g/mol. The fraction of sp³-hybridized carbons (Fsp3) is 0.350. The van der Waals surface area contributed by atoms with Crippen LogP contribution in [0.1, 0.15) is 18.9 Å². The fourth-order valence-electron chi connectivity index (χ4n) is 2.48. The first kappa shape index (κ1) is 25.8. The van der Waals surface area contributed by atoms with Crippen LogP contribution in [0.5, 0.6) is 5.75 Å². The highest BCUT2D eigenvalue weighted by atomic mass is 35.5. The fourth-order valence-corrected chi connectivity index (χ4v) is 3.85. The highest BCUT2D eigenvalue weighted by Crippen LogP contribution is 2.32. The van der Waals surface area contributed by atoms with Gasteiger partial charge in [0.05, 0.1) is 15.5 Å². The summed E-state index contributed by atoms with van der Waals surface area (Å²) >= 11 is 6.05. The second kappa shape index (κ2) is 11.4. The van der Waals surface area contributed by atoms with Crippen LogP contribution in [0.15, 0.2) is 47.4 Å². The van der Waals surface area contributed by atoms with Gasteiger partial charge in [0.25, 0.3) is 15.9 Å². The molecule has 0 atom stereocenters. The molecule has 12 heteroatoms.